The Morgan fingerprint density at radius 1 is 1.42 bits per heavy atom. The van der Waals surface area contributed by atoms with E-state index in [1.807, 2.05) is 13.8 Å². The number of aromatic carboxylic acids is 1. The predicted octanol–water partition coefficient (Wildman–Crippen LogP) is 1.84. The number of carbonyl (C=O) groups is 2. The van der Waals surface area contributed by atoms with Crippen LogP contribution in [-0.4, -0.2) is 23.0 Å². The zero-order valence-electron chi connectivity index (χ0n) is 10.8. The van der Waals surface area contributed by atoms with Crippen molar-refractivity contribution in [3.8, 4) is 0 Å². The average Bonchev–Trinajstić information content (AvgIpc) is 2.27. The van der Waals surface area contributed by atoms with Gasteiger partial charge >= 0.3 is 5.97 Å². The van der Waals surface area contributed by atoms with Gasteiger partial charge in [0.25, 0.3) is 0 Å². The van der Waals surface area contributed by atoms with Gasteiger partial charge in [-0.05, 0) is 24.1 Å². The van der Waals surface area contributed by atoms with Crippen molar-refractivity contribution in [3.63, 3.8) is 0 Å². The van der Waals surface area contributed by atoms with Gasteiger partial charge in [-0.15, -0.1) is 0 Å². The molecule has 1 aromatic rings. The lowest BCUT2D eigenvalue weighted by atomic mass is 10.0. The lowest BCUT2D eigenvalue weighted by Crippen LogP contribution is -2.31. The monoisotopic (exact) mass is 268 g/mol. The third-order valence-corrected chi connectivity index (χ3v) is 2.76. The smallest absolute Gasteiger partial charge is 0.337 e. The fourth-order valence-electron chi connectivity index (χ4n) is 1.46. The molecule has 0 radical (unpaired) electrons. The molecular formula is C13H17FN2O3. The lowest BCUT2D eigenvalue weighted by Gasteiger charge is -2.15. The lowest BCUT2D eigenvalue weighted by molar-refractivity contribution is -0.116. The average molecular weight is 268 g/mol. The van der Waals surface area contributed by atoms with Gasteiger partial charge in [0.1, 0.15) is 5.82 Å². The number of halogens is 1. The SMILES string of the molecule is CC(C)C(N)CC(=O)Nc1cc(F)ccc1C(=O)O. The normalized spacial score (nSPS) is 12.3. The number of nitrogens with two attached hydrogens (primary N) is 1. The molecule has 1 atom stereocenters. The molecule has 0 saturated heterocycles. The molecule has 104 valence electrons. The standard InChI is InChI=1S/C13H17FN2O3/c1-7(2)10(15)6-12(17)16-11-5-8(14)3-4-9(11)13(18)19/h3-5,7,10H,6,15H2,1-2H3,(H,16,17)(H,18,19). The highest BCUT2D eigenvalue weighted by Gasteiger charge is 2.16. The second-order valence-electron chi connectivity index (χ2n) is 4.66. The van der Waals surface area contributed by atoms with Crippen LogP contribution in [0.5, 0.6) is 0 Å². The summed E-state index contributed by atoms with van der Waals surface area (Å²) < 4.78 is 13.1. The van der Waals surface area contributed by atoms with Crippen LogP contribution >= 0.6 is 0 Å². The Labute approximate surface area is 110 Å². The number of carboxylic acids is 1. The summed E-state index contributed by atoms with van der Waals surface area (Å²) in [6, 6.07) is 2.78. The first-order chi connectivity index (χ1) is 8.81. The highest BCUT2D eigenvalue weighted by molar-refractivity contribution is 6.00. The number of anilines is 1. The van der Waals surface area contributed by atoms with Gasteiger partial charge in [0, 0.05) is 12.5 Å². The number of rotatable bonds is 5. The molecule has 1 unspecified atom stereocenters. The number of nitrogens with one attached hydrogen (secondary N) is 1. The summed E-state index contributed by atoms with van der Waals surface area (Å²) in [5, 5.41) is 11.3. The molecule has 0 aliphatic rings. The van der Waals surface area contributed by atoms with Gasteiger partial charge in [0.05, 0.1) is 11.3 Å². The maximum Gasteiger partial charge on any atom is 0.337 e. The predicted molar refractivity (Wildman–Crippen MR) is 69.4 cm³/mol. The van der Waals surface area contributed by atoms with Gasteiger partial charge in [-0.2, -0.15) is 0 Å². The third-order valence-electron chi connectivity index (χ3n) is 2.76. The summed E-state index contributed by atoms with van der Waals surface area (Å²) >= 11 is 0. The van der Waals surface area contributed by atoms with E-state index >= 15 is 0 Å². The van der Waals surface area contributed by atoms with Crippen LogP contribution in [0.15, 0.2) is 18.2 Å². The van der Waals surface area contributed by atoms with E-state index in [0.717, 1.165) is 18.2 Å². The molecular weight excluding hydrogens is 251 g/mol. The summed E-state index contributed by atoms with van der Waals surface area (Å²) in [7, 11) is 0. The van der Waals surface area contributed by atoms with E-state index < -0.39 is 17.7 Å². The van der Waals surface area contributed by atoms with Crippen molar-refractivity contribution in [2.75, 3.05) is 5.32 Å². The fourth-order valence-corrected chi connectivity index (χ4v) is 1.46. The minimum Gasteiger partial charge on any atom is -0.478 e. The maximum atomic E-state index is 13.1. The van der Waals surface area contributed by atoms with Gasteiger partial charge in [-0.25, -0.2) is 9.18 Å². The van der Waals surface area contributed by atoms with E-state index in [2.05, 4.69) is 5.32 Å². The minimum absolute atomic E-state index is 0.0488. The summed E-state index contributed by atoms with van der Waals surface area (Å²) in [5.41, 5.74) is 5.53. The van der Waals surface area contributed by atoms with Crippen LogP contribution < -0.4 is 11.1 Å². The first kappa shape index (κ1) is 15.1. The summed E-state index contributed by atoms with van der Waals surface area (Å²) in [6.45, 7) is 3.76. The van der Waals surface area contributed by atoms with Crippen molar-refractivity contribution in [3.05, 3.63) is 29.6 Å². The van der Waals surface area contributed by atoms with Crippen LogP contribution in [0.25, 0.3) is 0 Å². The van der Waals surface area contributed by atoms with E-state index in [1.165, 1.54) is 0 Å². The van der Waals surface area contributed by atoms with Gasteiger partial charge in [0.2, 0.25) is 5.91 Å². The van der Waals surface area contributed by atoms with E-state index in [1.54, 1.807) is 0 Å². The molecule has 0 saturated carbocycles. The van der Waals surface area contributed by atoms with Crippen LogP contribution in [-0.2, 0) is 4.79 Å². The summed E-state index contributed by atoms with van der Waals surface area (Å²) in [6.07, 6.45) is 0.0488. The summed E-state index contributed by atoms with van der Waals surface area (Å²) in [5.74, 6) is -2.16. The Kier molecular flexibility index (Phi) is 5.00. The van der Waals surface area contributed by atoms with E-state index in [0.29, 0.717) is 0 Å². The molecule has 19 heavy (non-hydrogen) atoms. The molecule has 0 aliphatic carbocycles. The largest absolute Gasteiger partial charge is 0.478 e. The molecule has 5 nitrogen and oxygen atoms in total. The Hall–Kier alpha value is -1.95. The second-order valence-corrected chi connectivity index (χ2v) is 4.66. The molecule has 0 heterocycles. The zero-order chi connectivity index (χ0) is 14.6. The first-order valence-electron chi connectivity index (χ1n) is 5.89. The van der Waals surface area contributed by atoms with E-state index in [4.69, 9.17) is 10.8 Å². The molecule has 1 amide bonds. The highest BCUT2D eigenvalue weighted by atomic mass is 19.1. The van der Waals surface area contributed by atoms with Crippen molar-refractivity contribution in [1.82, 2.24) is 0 Å². The third kappa shape index (κ3) is 4.33. The van der Waals surface area contributed by atoms with Gasteiger partial charge in [0.15, 0.2) is 0 Å². The molecule has 0 spiro atoms. The van der Waals surface area contributed by atoms with Crippen LogP contribution in [0.2, 0.25) is 0 Å². The van der Waals surface area contributed by atoms with Gasteiger partial charge < -0.3 is 16.2 Å². The van der Waals surface area contributed by atoms with E-state index in [9.17, 15) is 14.0 Å². The number of amides is 1. The van der Waals surface area contributed by atoms with Crippen molar-refractivity contribution in [2.45, 2.75) is 26.3 Å². The van der Waals surface area contributed by atoms with Crippen LogP contribution in [0.4, 0.5) is 10.1 Å². The molecule has 6 heteroatoms. The van der Waals surface area contributed by atoms with Crippen LogP contribution in [0, 0.1) is 11.7 Å². The van der Waals surface area contributed by atoms with E-state index in [-0.39, 0.29) is 29.6 Å². The molecule has 0 aliphatic heterocycles. The van der Waals surface area contributed by atoms with Crippen molar-refractivity contribution >= 4 is 17.6 Å². The Morgan fingerprint density at radius 2 is 2.05 bits per heavy atom. The second kappa shape index (κ2) is 6.29. The first-order valence-corrected chi connectivity index (χ1v) is 5.89. The van der Waals surface area contributed by atoms with Crippen LogP contribution in [0.3, 0.4) is 0 Å². The number of hydrogen-bond donors (Lipinski definition) is 3. The number of benzene rings is 1. The van der Waals surface area contributed by atoms with Gasteiger partial charge in [-0.3, -0.25) is 4.79 Å². The Bertz CT molecular complexity index is 489. The zero-order valence-corrected chi connectivity index (χ0v) is 10.8. The molecule has 0 aromatic heterocycles. The molecule has 1 aromatic carbocycles. The maximum absolute atomic E-state index is 13.1. The number of carbonyl (C=O) groups excluding carboxylic acids is 1. The Balaban J connectivity index is 2.84. The van der Waals surface area contributed by atoms with Crippen LogP contribution in [0.1, 0.15) is 30.6 Å². The molecule has 1 rings (SSSR count). The topological polar surface area (TPSA) is 92.4 Å². The molecule has 0 fully saturated rings. The van der Waals surface area contributed by atoms with Gasteiger partial charge in [-0.1, -0.05) is 13.8 Å². The number of carboxylic acid groups (broad SMARTS) is 1. The molecule has 4 N–H and O–H groups in total. The van der Waals surface area contributed by atoms with Crippen molar-refractivity contribution < 1.29 is 19.1 Å². The fraction of sp³-hybridized carbons (Fsp3) is 0.385. The Morgan fingerprint density at radius 3 is 2.58 bits per heavy atom. The quantitative estimate of drug-likeness (QED) is 0.759. The van der Waals surface area contributed by atoms with Crippen molar-refractivity contribution in [1.29, 1.82) is 0 Å². The van der Waals surface area contributed by atoms with Crippen molar-refractivity contribution in [2.24, 2.45) is 11.7 Å². The summed E-state index contributed by atoms with van der Waals surface area (Å²) in [4.78, 5) is 22.7. The molecule has 0 bridgehead atoms. The minimum atomic E-state index is -1.23. The number of hydrogen-bond acceptors (Lipinski definition) is 3. The highest BCUT2D eigenvalue weighted by Crippen LogP contribution is 2.18.